The van der Waals surface area contributed by atoms with Gasteiger partial charge in [0.1, 0.15) is 5.69 Å². The Kier molecular flexibility index (Phi) is 4.00. The Hall–Kier alpha value is -2.49. The van der Waals surface area contributed by atoms with Crippen LogP contribution in [0.25, 0.3) is 0 Å². The first-order valence-electron chi connectivity index (χ1n) is 7.52. The number of rotatable bonds is 4. The molecule has 0 atom stereocenters. The van der Waals surface area contributed by atoms with Gasteiger partial charge in [-0.05, 0) is 56.5 Å². The third-order valence-corrected chi connectivity index (χ3v) is 3.67. The number of nitrogens with zero attached hydrogens (tertiary/aromatic N) is 2. The van der Waals surface area contributed by atoms with Crippen LogP contribution in [0.5, 0.6) is 0 Å². The largest absolute Gasteiger partial charge is 0.324 e. The topological polar surface area (TPSA) is 53.8 Å². The molecule has 1 aliphatic rings. The van der Waals surface area contributed by atoms with Crippen molar-refractivity contribution in [2.45, 2.75) is 26.7 Å². The maximum absolute atomic E-state index is 12.0. The van der Waals surface area contributed by atoms with E-state index in [1.807, 2.05) is 56.3 Å². The van der Waals surface area contributed by atoms with Crippen LogP contribution in [-0.4, -0.2) is 5.91 Å². The highest BCUT2D eigenvalue weighted by Crippen LogP contribution is 2.33. The zero-order valence-electron chi connectivity index (χ0n) is 12.8. The molecule has 0 aliphatic heterocycles. The molecule has 2 aromatic rings. The summed E-state index contributed by atoms with van der Waals surface area (Å²) in [7, 11) is 0. The lowest BCUT2D eigenvalue weighted by atomic mass is 10.2. The molecule has 22 heavy (non-hydrogen) atoms. The lowest BCUT2D eigenvalue weighted by Crippen LogP contribution is -2.13. The zero-order chi connectivity index (χ0) is 15.5. The SMILES string of the molecule is Cc1ccc(N=Nc2ccc(C)cc2NC(=O)C2CC2)cc1. The van der Waals surface area contributed by atoms with E-state index in [0.29, 0.717) is 5.69 Å². The molecule has 0 bridgehead atoms. The average molecular weight is 293 g/mol. The quantitative estimate of drug-likeness (QED) is 0.786. The van der Waals surface area contributed by atoms with E-state index in [1.54, 1.807) is 0 Å². The molecule has 0 spiro atoms. The molecule has 1 N–H and O–H groups in total. The van der Waals surface area contributed by atoms with Crippen LogP contribution in [0.3, 0.4) is 0 Å². The molecular weight excluding hydrogens is 274 g/mol. The maximum Gasteiger partial charge on any atom is 0.227 e. The number of azo groups is 1. The summed E-state index contributed by atoms with van der Waals surface area (Å²) < 4.78 is 0. The number of aryl methyl sites for hydroxylation is 2. The van der Waals surface area contributed by atoms with E-state index in [4.69, 9.17) is 0 Å². The van der Waals surface area contributed by atoms with Gasteiger partial charge in [-0.1, -0.05) is 23.8 Å². The van der Waals surface area contributed by atoms with E-state index in [1.165, 1.54) is 5.56 Å². The average Bonchev–Trinajstić information content (AvgIpc) is 3.33. The highest BCUT2D eigenvalue weighted by atomic mass is 16.2. The maximum atomic E-state index is 12.0. The van der Waals surface area contributed by atoms with Gasteiger partial charge >= 0.3 is 0 Å². The highest BCUT2D eigenvalue weighted by Gasteiger charge is 2.29. The summed E-state index contributed by atoms with van der Waals surface area (Å²) in [5.41, 5.74) is 4.48. The van der Waals surface area contributed by atoms with Gasteiger partial charge < -0.3 is 5.32 Å². The Morgan fingerprint density at radius 3 is 2.36 bits per heavy atom. The van der Waals surface area contributed by atoms with E-state index in [9.17, 15) is 4.79 Å². The van der Waals surface area contributed by atoms with Gasteiger partial charge in [0.25, 0.3) is 0 Å². The number of amides is 1. The second kappa shape index (κ2) is 6.10. The number of carbonyl (C=O) groups excluding carboxylic acids is 1. The third-order valence-electron chi connectivity index (χ3n) is 3.67. The summed E-state index contributed by atoms with van der Waals surface area (Å²) in [4.78, 5) is 12.0. The number of nitrogens with one attached hydrogen (secondary N) is 1. The van der Waals surface area contributed by atoms with Gasteiger partial charge in [0, 0.05) is 5.92 Å². The van der Waals surface area contributed by atoms with Crippen molar-refractivity contribution in [1.82, 2.24) is 0 Å². The van der Waals surface area contributed by atoms with Crippen LogP contribution >= 0.6 is 0 Å². The summed E-state index contributed by atoms with van der Waals surface area (Å²) in [6.45, 7) is 4.03. The van der Waals surface area contributed by atoms with Crippen LogP contribution in [0.1, 0.15) is 24.0 Å². The van der Waals surface area contributed by atoms with E-state index in [-0.39, 0.29) is 11.8 Å². The van der Waals surface area contributed by atoms with Gasteiger partial charge in [-0.3, -0.25) is 4.79 Å². The van der Waals surface area contributed by atoms with Crippen LogP contribution in [0, 0.1) is 19.8 Å². The summed E-state index contributed by atoms with van der Waals surface area (Å²) in [5.74, 6) is 0.250. The van der Waals surface area contributed by atoms with Gasteiger partial charge in [0.15, 0.2) is 0 Å². The van der Waals surface area contributed by atoms with Crippen molar-refractivity contribution < 1.29 is 4.79 Å². The minimum absolute atomic E-state index is 0.0809. The lowest BCUT2D eigenvalue weighted by molar-refractivity contribution is -0.117. The fourth-order valence-electron chi connectivity index (χ4n) is 2.14. The Morgan fingerprint density at radius 1 is 1.00 bits per heavy atom. The van der Waals surface area contributed by atoms with E-state index >= 15 is 0 Å². The molecule has 112 valence electrons. The van der Waals surface area contributed by atoms with Gasteiger partial charge in [-0.15, -0.1) is 5.11 Å². The molecule has 1 amide bonds. The predicted octanol–water partition coefficient (Wildman–Crippen LogP) is 5.07. The zero-order valence-corrected chi connectivity index (χ0v) is 12.8. The second-order valence-corrected chi connectivity index (χ2v) is 5.82. The predicted molar refractivity (Wildman–Crippen MR) is 87.9 cm³/mol. The molecule has 0 aromatic heterocycles. The van der Waals surface area contributed by atoms with Crippen molar-refractivity contribution >= 4 is 23.0 Å². The van der Waals surface area contributed by atoms with Gasteiger partial charge in [0.05, 0.1) is 11.4 Å². The molecule has 3 rings (SSSR count). The monoisotopic (exact) mass is 293 g/mol. The van der Waals surface area contributed by atoms with Crippen molar-refractivity contribution in [2.24, 2.45) is 16.1 Å². The Bertz CT molecular complexity index is 716. The Morgan fingerprint density at radius 2 is 1.68 bits per heavy atom. The highest BCUT2D eigenvalue weighted by molar-refractivity contribution is 5.96. The molecule has 0 saturated heterocycles. The molecule has 4 nitrogen and oxygen atoms in total. The first-order chi connectivity index (χ1) is 10.6. The number of hydrogen-bond acceptors (Lipinski definition) is 3. The van der Waals surface area contributed by atoms with Crippen molar-refractivity contribution in [1.29, 1.82) is 0 Å². The normalized spacial score (nSPS) is 14.3. The first kappa shape index (κ1) is 14.4. The Labute approximate surface area is 130 Å². The van der Waals surface area contributed by atoms with Crippen LogP contribution < -0.4 is 5.32 Å². The van der Waals surface area contributed by atoms with Crippen molar-refractivity contribution in [2.75, 3.05) is 5.32 Å². The second-order valence-electron chi connectivity index (χ2n) is 5.82. The number of benzene rings is 2. The van der Waals surface area contributed by atoms with Crippen LogP contribution in [0.2, 0.25) is 0 Å². The number of hydrogen-bond donors (Lipinski definition) is 1. The summed E-state index contributed by atoms with van der Waals surface area (Å²) in [6.07, 6.45) is 1.97. The Balaban J connectivity index is 1.82. The summed E-state index contributed by atoms with van der Waals surface area (Å²) in [6, 6.07) is 13.6. The summed E-state index contributed by atoms with van der Waals surface area (Å²) >= 11 is 0. The molecule has 0 radical (unpaired) electrons. The van der Waals surface area contributed by atoms with Crippen LogP contribution in [0.15, 0.2) is 52.7 Å². The summed E-state index contributed by atoms with van der Waals surface area (Å²) in [5, 5.41) is 11.5. The molecule has 2 aromatic carbocycles. The van der Waals surface area contributed by atoms with Gasteiger partial charge in [0.2, 0.25) is 5.91 Å². The van der Waals surface area contributed by atoms with E-state index < -0.39 is 0 Å². The van der Waals surface area contributed by atoms with Crippen molar-refractivity contribution in [3.63, 3.8) is 0 Å². The standard InChI is InChI=1S/C18H19N3O/c1-12-3-8-15(9-4-12)20-21-16-10-5-13(2)11-17(16)19-18(22)14-6-7-14/h3-5,8-11,14H,6-7H2,1-2H3,(H,19,22). The molecule has 1 aliphatic carbocycles. The van der Waals surface area contributed by atoms with Crippen LogP contribution in [0.4, 0.5) is 17.1 Å². The minimum atomic E-state index is 0.0809. The van der Waals surface area contributed by atoms with E-state index in [2.05, 4.69) is 15.5 Å². The molecular formula is C18H19N3O. The van der Waals surface area contributed by atoms with Gasteiger partial charge in [-0.2, -0.15) is 5.11 Å². The first-order valence-corrected chi connectivity index (χ1v) is 7.52. The number of anilines is 1. The molecule has 1 saturated carbocycles. The third kappa shape index (κ3) is 3.58. The van der Waals surface area contributed by atoms with E-state index in [0.717, 1.165) is 29.8 Å². The van der Waals surface area contributed by atoms with Crippen molar-refractivity contribution in [3.8, 4) is 0 Å². The van der Waals surface area contributed by atoms with Gasteiger partial charge in [-0.25, -0.2) is 0 Å². The smallest absolute Gasteiger partial charge is 0.227 e. The fourth-order valence-corrected chi connectivity index (χ4v) is 2.14. The minimum Gasteiger partial charge on any atom is -0.324 e. The number of carbonyl (C=O) groups is 1. The molecule has 1 fully saturated rings. The van der Waals surface area contributed by atoms with Crippen molar-refractivity contribution in [3.05, 3.63) is 53.6 Å². The van der Waals surface area contributed by atoms with Crippen LogP contribution in [-0.2, 0) is 4.79 Å². The molecule has 0 heterocycles. The molecule has 0 unspecified atom stereocenters. The fraction of sp³-hybridized carbons (Fsp3) is 0.278. The lowest BCUT2D eigenvalue weighted by Gasteiger charge is -2.08. The molecule has 4 heteroatoms.